The molecule has 1 atom stereocenters. The van der Waals surface area contributed by atoms with E-state index in [1.54, 1.807) is 0 Å². The van der Waals surface area contributed by atoms with Gasteiger partial charge in [0.15, 0.2) is 0 Å². The highest BCUT2D eigenvalue weighted by atomic mass is 127. The van der Waals surface area contributed by atoms with Crippen LogP contribution in [0.3, 0.4) is 0 Å². The predicted molar refractivity (Wildman–Crippen MR) is 128 cm³/mol. The molecule has 152 valence electrons. The van der Waals surface area contributed by atoms with Crippen LogP contribution in [-0.2, 0) is 11.2 Å². The number of benzene rings is 2. The first-order valence-electron chi connectivity index (χ1n) is 10.3. The van der Waals surface area contributed by atoms with E-state index in [9.17, 15) is 0 Å². The van der Waals surface area contributed by atoms with Crippen molar-refractivity contribution in [2.75, 3.05) is 34.5 Å². The van der Waals surface area contributed by atoms with E-state index in [1.807, 2.05) is 12.1 Å². The Morgan fingerprint density at radius 2 is 1.72 bits per heavy atom. The largest absolute Gasteiger partial charge is 0.369 e. The van der Waals surface area contributed by atoms with Crippen LogP contribution in [0.4, 0.5) is 11.8 Å². The van der Waals surface area contributed by atoms with Crippen molar-refractivity contribution in [1.82, 2.24) is 9.97 Å². The molecule has 1 saturated heterocycles. The summed E-state index contributed by atoms with van der Waals surface area (Å²) < 4.78 is 6.44. The zero-order chi connectivity index (χ0) is 19.9. The van der Waals surface area contributed by atoms with Crippen LogP contribution < -0.4 is 10.2 Å². The van der Waals surface area contributed by atoms with Crippen molar-refractivity contribution in [1.29, 1.82) is 0 Å². The lowest BCUT2D eigenvalue weighted by Crippen LogP contribution is -2.32. The van der Waals surface area contributed by atoms with Crippen LogP contribution in [0.5, 0.6) is 0 Å². The third-order valence-corrected chi connectivity index (χ3v) is 5.73. The van der Waals surface area contributed by atoms with E-state index < -0.39 is 0 Å². The topological polar surface area (TPSA) is 50.3 Å². The number of alkyl halides is 1. The van der Waals surface area contributed by atoms with Crippen molar-refractivity contribution in [2.45, 2.75) is 31.7 Å². The monoisotopic (exact) mass is 502 g/mol. The molecule has 0 amide bonds. The van der Waals surface area contributed by atoms with Crippen molar-refractivity contribution >= 4 is 45.3 Å². The first-order valence-corrected chi connectivity index (χ1v) is 11.8. The zero-order valence-electron chi connectivity index (χ0n) is 16.6. The summed E-state index contributed by atoms with van der Waals surface area (Å²) in [5.74, 6) is 1.73. The number of hydrogen-bond acceptors (Lipinski definition) is 5. The van der Waals surface area contributed by atoms with Crippen molar-refractivity contribution in [3.05, 3.63) is 60.2 Å². The summed E-state index contributed by atoms with van der Waals surface area (Å²) in [5.41, 5.74) is 2.27. The maximum absolute atomic E-state index is 5.77. The summed E-state index contributed by atoms with van der Waals surface area (Å²) in [6, 6.07) is 18.9. The minimum Gasteiger partial charge on any atom is -0.369 e. The third-order valence-electron chi connectivity index (χ3n) is 5.29. The van der Waals surface area contributed by atoms with Gasteiger partial charge in [0, 0.05) is 18.5 Å². The number of anilines is 2. The molecule has 0 spiro atoms. The van der Waals surface area contributed by atoms with Crippen LogP contribution in [0.25, 0.3) is 10.9 Å². The van der Waals surface area contributed by atoms with Gasteiger partial charge in [-0.2, -0.15) is 4.98 Å². The molecule has 2 heterocycles. The Balaban J connectivity index is 1.64. The Bertz CT molecular complexity index is 915. The molecule has 3 aromatic rings. The maximum Gasteiger partial charge on any atom is 0.227 e. The van der Waals surface area contributed by atoms with Gasteiger partial charge < -0.3 is 15.0 Å². The summed E-state index contributed by atoms with van der Waals surface area (Å²) in [5, 5.41) is 4.73. The zero-order valence-corrected chi connectivity index (χ0v) is 18.7. The van der Waals surface area contributed by atoms with E-state index in [2.05, 4.69) is 75.3 Å². The highest BCUT2D eigenvalue weighted by Crippen LogP contribution is 2.26. The molecule has 1 aromatic heterocycles. The van der Waals surface area contributed by atoms with E-state index in [1.165, 1.54) is 24.8 Å². The van der Waals surface area contributed by atoms with Crippen molar-refractivity contribution in [3.8, 4) is 0 Å². The molecule has 4 rings (SSSR count). The molecule has 5 nitrogen and oxygen atoms in total. The average molecular weight is 502 g/mol. The van der Waals surface area contributed by atoms with Gasteiger partial charge in [-0.05, 0) is 43.4 Å². The van der Waals surface area contributed by atoms with Gasteiger partial charge in [-0.1, -0.05) is 65.1 Å². The molecule has 0 aliphatic carbocycles. The van der Waals surface area contributed by atoms with E-state index in [0.717, 1.165) is 42.2 Å². The first-order chi connectivity index (χ1) is 14.3. The number of rotatable bonds is 8. The van der Waals surface area contributed by atoms with Crippen LogP contribution in [0.15, 0.2) is 54.6 Å². The quantitative estimate of drug-likeness (QED) is 0.345. The second-order valence-corrected chi connectivity index (χ2v) is 8.07. The van der Waals surface area contributed by atoms with Gasteiger partial charge in [-0.25, -0.2) is 4.98 Å². The molecule has 6 heteroatoms. The first kappa shape index (κ1) is 20.3. The number of nitrogens with zero attached hydrogens (tertiary/aromatic N) is 3. The number of halogens is 1. The van der Waals surface area contributed by atoms with Gasteiger partial charge >= 0.3 is 0 Å². The van der Waals surface area contributed by atoms with Crippen LogP contribution in [0.2, 0.25) is 0 Å². The Kier molecular flexibility index (Phi) is 7.16. The fourth-order valence-electron chi connectivity index (χ4n) is 3.84. The van der Waals surface area contributed by atoms with Gasteiger partial charge in [-0.15, -0.1) is 0 Å². The van der Waals surface area contributed by atoms with Crippen LogP contribution in [-0.4, -0.2) is 40.3 Å². The number of ether oxygens (including phenoxy) is 1. The molecule has 0 bridgehead atoms. The van der Waals surface area contributed by atoms with E-state index in [-0.39, 0.29) is 6.04 Å². The Morgan fingerprint density at radius 1 is 0.966 bits per heavy atom. The lowest BCUT2D eigenvalue weighted by molar-refractivity contribution is 0.178. The molecule has 1 aliphatic rings. The molecule has 1 aliphatic heterocycles. The summed E-state index contributed by atoms with van der Waals surface area (Å²) in [6.45, 7) is 2.70. The number of piperidine rings is 1. The molecule has 1 fully saturated rings. The van der Waals surface area contributed by atoms with Crippen molar-refractivity contribution < 1.29 is 4.74 Å². The predicted octanol–water partition coefficient (Wildman–Crippen LogP) is 5.05. The molecule has 1 unspecified atom stereocenters. The minimum absolute atomic E-state index is 0.139. The lowest BCUT2D eigenvalue weighted by Gasteiger charge is -2.28. The van der Waals surface area contributed by atoms with Gasteiger partial charge in [-0.3, -0.25) is 0 Å². The van der Waals surface area contributed by atoms with E-state index >= 15 is 0 Å². The second kappa shape index (κ2) is 10.2. The van der Waals surface area contributed by atoms with Gasteiger partial charge in [0.05, 0.1) is 22.8 Å². The molecule has 0 saturated carbocycles. The highest BCUT2D eigenvalue weighted by molar-refractivity contribution is 14.1. The van der Waals surface area contributed by atoms with Crippen LogP contribution in [0, 0.1) is 0 Å². The summed E-state index contributed by atoms with van der Waals surface area (Å²) in [6.07, 6.45) is 4.59. The van der Waals surface area contributed by atoms with Crippen molar-refractivity contribution in [3.63, 3.8) is 0 Å². The second-order valence-electron chi connectivity index (χ2n) is 7.45. The Morgan fingerprint density at radius 3 is 2.52 bits per heavy atom. The highest BCUT2D eigenvalue weighted by Gasteiger charge is 2.18. The molecule has 29 heavy (non-hydrogen) atoms. The average Bonchev–Trinajstić information content (AvgIpc) is 2.78. The lowest BCUT2D eigenvalue weighted by atomic mass is 10.1. The summed E-state index contributed by atoms with van der Waals surface area (Å²) >= 11 is 2.25. The van der Waals surface area contributed by atoms with Gasteiger partial charge in [0.2, 0.25) is 5.95 Å². The van der Waals surface area contributed by atoms with Crippen molar-refractivity contribution in [2.24, 2.45) is 0 Å². The van der Waals surface area contributed by atoms with Crippen LogP contribution >= 0.6 is 22.6 Å². The summed E-state index contributed by atoms with van der Waals surface area (Å²) in [7, 11) is 0. The maximum atomic E-state index is 5.77. The number of fused-ring (bicyclic) bond motifs is 1. The third kappa shape index (κ3) is 5.36. The minimum atomic E-state index is 0.139. The number of aromatic nitrogens is 2. The SMILES string of the molecule is ICOCC(Cc1ccccc1)Nc1nc(N2CCCCC2)nc2ccccc12. The fraction of sp³-hybridized carbons (Fsp3) is 0.391. The van der Waals surface area contributed by atoms with Gasteiger partial charge in [0.1, 0.15) is 5.82 Å². The normalized spacial score (nSPS) is 15.4. The fourth-order valence-corrected chi connectivity index (χ4v) is 4.09. The number of hydrogen-bond donors (Lipinski definition) is 1. The van der Waals surface area contributed by atoms with Crippen LogP contribution in [0.1, 0.15) is 24.8 Å². The number of nitrogens with one attached hydrogen (secondary N) is 1. The van der Waals surface area contributed by atoms with E-state index in [0.29, 0.717) is 11.2 Å². The Labute approximate surface area is 186 Å². The standard InChI is InChI=1S/C23H27IN4O/c24-17-29-16-19(15-18-9-3-1-4-10-18)25-22-20-11-5-6-12-21(20)26-23(27-22)28-13-7-2-8-14-28/h1,3-6,9-12,19H,2,7-8,13-17H2,(H,25,26,27). The Hall–Kier alpha value is -1.93. The van der Waals surface area contributed by atoms with Gasteiger partial charge in [0.25, 0.3) is 0 Å². The molecular weight excluding hydrogens is 475 g/mol. The smallest absolute Gasteiger partial charge is 0.227 e. The number of para-hydroxylation sites is 1. The molecule has 1 N–H and O–H groups in total. The molecule has 2 aromatic carbocycles. The van der Waals surface area contributed by atoms with E-state index in [4.69, 9.17) is 14.7 Å². The molecule has 0 radical (unpaired) electrons. The molecular formula is C23H27IN4O. The summed E-state index contributed by atoms with van der Waals surface area (Å²) in [4.78, 5) is 12.1.